The molecule has 14 heavy (non-hydrogen) atoms. The topological polar surface area (TPSA) is 12.4 Å². The van der Waals surface area contributed by atoms with Gasteiger partial charge in [-0.2, -0.15) is 0 Å². The Kier molecular flexibility index (Phi) is 6.70. The van der Waals surface area contributed by atoms with Gasteiger partial charge in [-0.1, -0.05) is 56.7 Å². The average molecular weight is 185 g/mol. The highest BCUT2D eigenvalue weighted by molar-refractivity contribution is 5.72. The van der Waals surface area contributed by atoms with Crippen LogP contribution in [0.3, 0.4) is 0 Å². The van der Waals surface area contributed by atoms with E-state index in [9.17, 15) is 0 Å². The molecule has 0 atom stereocenters. The zero-order chi connectivity index (χ0) is 10.8. The Bertz CT molecular complexity index is 282. The zero-order valence-corrected chi connectivity index (χ0v) is 8.32. The third kappa shape index (κ3) is 4.21. The van der Waals surface area contributed by atoms with E-state index in [4.69, 9.17) is 0 Å². The van der Waals surface area contributed by atoms with Gasteiger partial charge in [0.15, 0.2) is 0 Å². The molecular weight excluding hydrogens is 170 g/mol. The summed E-state index contributed by atoms with van der Waals surface area (Å²) < 4.78 is 0. The van der Waals surface area contributed by atoms with Crippen LogP contribution in [0.15, 0.2) is 79.0 Å². The summed E-state index contributed by atoms with van der Waals surface area (Å²) in [6.07, 6.45) is 12.0. The lowest BCUT2D eigenvalue weighted by Gasteiger charge is -1.97. The van der Waals surface area contributed by atoms with Crippen LogP contribution in [0.2, 0.25) is 0 Å². The van der Waals surface area contributed by atoms with Gasteiger partial charge >= 0.3 is 0 Å². The summed E-state index contributed by atoms with van der Waals surface area (Å²) in [5.41, 5.74) is 1.66. The number of hydrogen-bond acceptors (Lipinski definition) is 1. The van der Waals surface area contributed by atoms with Crippen molar-refractivity contribution < 1.29 is 0 Å². The van der Waals surface area contributed by atoms with Crippen LogP contribution in [0.25, 0.3) is 0 Å². The maximum Gasteiger partial charge on any atom is 0.0695 e. The van der Waals surface area contributed by atoms with Gasteiger partial charge in [0.05, 0.1) is 5.70 Å². The van der Waals surface area contributed by atoms with E-state index in [2.05, 4.69) is 31.3 Å². The number of nitrogens with zero attached hydrogens (tertiary/aromatic N) is 1. The van der Waals surface area contributed by atoms with Crippen molar-refractivity contribution in [2.45, 2.75) is 0 Å². The van der Waals surface area contributed by atoms with E-state index >= 15 is 0 Å². The van der Waals surface area contributed by atoms with Crippen LogP contribution in [0.4, 0.5) is 0 Å². The molecule has 0 amide bonds. The fourth-order valence-corrected chi connectivity index (χ4v) is 0.808. The molecular formula is C13H15N. The van der Waals surface area contributed by atoms with E-state index in [0.29, 0.717) is 0 Å². The van der Waals surface area contributed by atoms with Gasteiger partial charge in [-0.25, -0.2) is 0 Å². The zero-order valence-electron chi connectivity index (χ0n) is 8.32. The lowest BCUT2D eigenvalue weighted by atomic mass is 10.2. The predicted octanol–water partition coefficient (Wildman–Crippen LogP) is 3.61. The van der Waals surface area contributed by atoms with Gasteiger partial charge in [-0.3, -0.25) is 4.99 Å². The van der Waals surface area contributed by atoms with Crippen molar-refractivity contribution >= 4 is 6.21 Å². The smallest absolute Gasteiger partial charge is 0.0695 e. The molecule has 1 heteroatoms. The summed E-state index contributed by atoms with van der Waals surface area (Å²) >= 11 is 0. The standard InChI is InChI=1S/C13H15N/c1-5-9-10-12(7-3)13(8-4)14-11-6-2/h5-11H,1-4H2/b10-9-,13-12+,14-11-. The van der Waals surface area contributed by atoms with Crippen LogP contribution in [0, 0.1) is 0 Å². The molecule has 0 heterocycles. The van der Waals surface area contributed by atoms with Gasteiger partial charge in [-0.15, -0.1) is 0 Å². The van der Waals surface area contributed by atoms with Crippen LogP contribution in [-0.4, -0.2) is 6.21 Å². The Balaban J connectivity index is 5.09. The Labute approximate surface area is 85.9 Å². The Hall–Kier alpha value is -1.89. The quantitative estimate of drug-likeness (QED) is 0.443. The minimum absolute atomic E-state index is 0.762. The molecule has 0 N–H and O–H groups in total. The molecule has 0 aliphatic rings. The van der Waals surface area contributed by atoms with Gasteiger partial charge in [0.1, 0.15) is 0 Å². The van der Waals surface area contributed by atoms with Gasteiger partial charge < -0.3 is 0 Å². The molecule has 0 spiro atoms. The van der Waals surface area contributed by atoms with Crippen molar-refractivity contribution in [1.82, 2.24) is 0 Å². The van der Waals surface area contributed by atoms with Crippen LogP contribution < -0.4 is 0 Å². The summed E-state index contributed by atoms with van der Waals surface area (Å²) in [4.78, 5) is 4.15. The van der Waals surface area contributed by atoms with Gasteiger partial charge in [0.2, 0.25) is 0 Å². The minimum Gasteiger partial charge on any atom is -0.256 e. The highest BCUT2D eigenvalue weighted by Gasteiger charge is 1.92. The average Bonchev–Trinajstić information content (AvgIpc) is 2.23. The highest BCUT2D eigenvalue weighted by atomic mass is 14.7. The predicted molar refractivity (Wildman–Crippen MR) is 65.4 cm³/mol. The normalized spacial score (nSPS) is 12.6. The van der Waals surface area contributed by atoms with Crippen LogP contribution in [0.5, 0.6) is 0 Å². The fraction of sp³-hybridized carbons (Fsp3) is 0. The maximum absolute atomic E-state index is 4.15. The first-order chi connectivity index (χ1) is 6.79. The summed E-state index contributed by atoms with van der Waals surface area (Å²) in [7, 11) is 0. The van der Waals surface area contributed by atoms with Crippen LogP contribution in [-0.2, 0) is 0 Å². The first-order valence-corrected chi connectivity index (χ1v) is 4.23. The molecule has 0 aromatic heterocycles. The number of allylic oxidation sites excluding steroid dienone is 7. The van der Waals surface area contributed by atoms with E-state index in [1.165, 1.54) is 0 Å². The van der Waals surface area contributed by atoms with Crippen molar-refractivity contribution in [1.29, 1.82) is 0 Å². The second-order valence-corrected chi connectivity index (χ2v) is 2.36. The number of aliphatic imine (C=N–C) groups is 1. The van der Waals surface area contributed by atoms with Crippen molar-refractivity contribution in [3.05, 3.63) is 74.0 Å². The summed E-state index contributed by atoms with van der Waals surface area (Å²) in [6, 6.07) is 0. The van der Waals surface area contributed by atoms with Crippen molar-refractivity contribution in [3.63, 3.8) is 0 Å². The third-order valence-electron chi connectivity index (χ3n) is 1.44. The summed E-state index contributed by atoms with van der Waals surface area (Å²) in [5.74, 6) is 0. The Morgan fingerprint density at radius 2 is 1.64 bits per heavy atom. The first-order valence-electron chi connectivity index (χ1n) is 4.23. The minimum atomic E-state index is 0.762. The van der Waals surface area contributed by atoms with Crippen LogP contribution >= 0.6 is 0 Å². The molecule has 1 nitrogen and oxygen atoms in total. The first kappa shape index (κ1) is 12.1. The molecule has 0 unspecified atom stereocenters. The van der Waals surface area contributed by atoms with Gasteiger partial charge in [-0.05, 0) is 11.6 Å². The summed E-state index contributed by atoms with van der Waals surface area (Å²) in [5, 5.41) is 0. The van der Waals surface area contributed by atoms with Crippen molar-refractivity contribution in [3.8, 4) is 0 Å². The number of rotatable bonds is 6. The van der Waals surface area contributed by atoms with E-state index in [1.807, 2.05) is 12.2 Å². The molecule has 0 fully saturated rings. The molecule has 0 aromatic rings. The second kappa shape index (κ2) is 7.74. The lowest BCUT2D eigenvalue weighted by molar-refractivity contribution is 1.38. The van der Waals surface area contributed by atoms with Crippen LogP contribution in [0.1, 0.15) is 0 Å². The maximum atomic E-state index is 4.15. The molecule has 0 saturated carbocycles. The largest absolute Gasteiger partial charge is 0.256 e. The number of hydrogen-bond donors (Lipinski definition) is 0. The fourth-order valence-electron chi connectivity index (χ4n) is 0.808. The molecule has 72 valence electrons. The van der Waals surface area contributed by atoms with Crippen molar-refractivity contribution in [2.24, 2.45) is 4.99 Å². The van der Waals surface area contributed by atoms with E-state index in [0.717, 1.165) is 11.3 Å². The van der Waals surface area contributed by atoms with Crippen molar-refractivity contribution in [2.75, 3.05) is 0 Å². The SMILES string of the molecule is C=C\C=C/C(C=C)=C(C=C)/N=C\C=C. The molecule has 0 aromatic carbocycles. The molecule has 0 radical (unpaired) electrons. The van der Waals surface area contributed by atoms with E-state index in [-0.39, 0.29) is 0 Å². The second-order valence-electron chi connectivity index (χ2n) is 2.36. The Morgan fingerprint density at radius 1 is 0.929 bits per heavy atom. The molecule has 0 aliphatic heterocycles. The van der Waals surface area contributed by atoms with E-state index < -0.39 is 0 Å². The molecule has 0 aliphatic carbocycles. The molecule has 0 bridgehead atoms. The third-order valence-corrected chi connectivity index (χ3v) is 1.44. The molecule has 0 rings (SSSR count). The van der Waals surface area contributed by atoms with Gasteiger partial charge in [0, 0.05) is 6.21 Å². The lowest BCUT2D eigenvalue weighted by Crippen LogP contribution is -1.80. The van der Waals surface area contributed by atoms with E-state index in [1.54, 1.807) is 30.5 Å². The Morgan fingerprint density at radius 3 is 2.07 bits per heavy atom. The summed E-state index contributed by atoms with van der Waals surface area (Å²) in [6.45, 7) is 14.5. The monoisotopic (exact) mass is 185 g/mol. The van der Waals surface area contributed by atoms with Gasteiger partial charge in [0.25, 0.3) is 0 Å². The highest BCUT2D eigenvalue weighted by Crippen LogP contribution is 2.09. The molecule has 0 saturated heterocycles.